The van der Waals surface area contributed by atoms with Crippen LogP contribution in [0.25, 0.3) is 10.9 Å². The first-order valence-electron chi connectivity index (χ1n) is 6.18. The van der Waals surface area contributed by atoms with Crippen LogP contribution in [-0.4, -0.2) is 28.6 Å². The van der Waals surface area contributed by atoms with Gasteiger partial charge in [0.1, 0.15) is 0 Å². The molecule has 0 aliphatic heterocycles. The summed E-state index contributed by atoms with van der Waals surface area (Å²) in [7, 11) is 1.76. The Morgan fingerprint density at radius 3 is 2.65 bits per heavy atom. The molecule has 0 unspecified atom stereocenters. The van der Waals surface area contributed by atoms with Gasteiger partial charge in [-0.05, 0) is 24.6 Å². The van der Waals surface area contributed by atoms with Gasteiger partial charge >= 0.3 is 5.97 Å². The monoisotopic (exact) mass is 272 g/mol. The van der Waals surface area contributed by atoms with E-state index in [-0.39, 0.29) is 12.3 Å². The van der Waals surface area contributed by atoms with Crippen LogP contribution >= 0.6 is 0 Å². The highest BCUT2D eigenvalue weighted by Gasteiger charge is 2.17. The van der Waals surface area contributed by atoms with Crippen molar-refractivity contribution < 1.29 is 14.7 Å². The van der Waals surface area contributed by atoms with Gasteiger partial charge in [0.05, 0.1) is 11.9 Å². The molecule has 0 saturated heterocycles. The van der Waals surface area contributed by atoms with E-state index in [4.69, 9.17) is 5.11 Å². The second-order valence-corrected chi connectivity index (χ2v) is 4.63. The third-order valence-electron chi connectivity index (χ3n) is 3.10. The van der Waals surface area contributed by atoms with Gasteiger partial charge in [-0.3, -0.25) is 14.2 Å². The van der Waals surface area contributed by atoms with Crippen LogP contribution < -0.4 is 5.32 Å². The second-order valence-electron chi connectivity index (χ2n) is 4.63. The molecule has 2 rings (SSSR count). The quantitative estimate of drug-likeness (QED) is 0.839. The van der Waals surface area contributed by atoms with E-state index in [9.17, 15) is 9.59 Å². The topological polar surface area (TPSA) is 71.3 Å². The molecule has 0 atom stereocenters. The third kappa shape index (κ3) is 2.30. The zero-order chi connectivity index (χ0) is 14.9. The number of nitrogens with zero attached hydrogens (tertiary/aromatic N) is 1. The molecule has 5 heteroatoms. The molecule has 1 aromatic heterocycles. The summed E-state index contributed by atoms with van der Waals surface area (Å²) in [6.45, 7) is 5.28. The number of allylic oxidation sites excluding steroid dienone is 1. The molecule has 0 spiro atoms. The maximum atomic E-state index is 12.2. The van der Waals surface area contributed by atoms with Crippen LogP contribution in [0.4, 0.5) is 5.69 Å². The Morgan fingerprint density at radius 1 is 1.40 bits per heavy atom. The minimum absolute atomic E-state index is 0.133. The first-order valence-corrected chi connectivity index (χ1v) is 6.18. The lowest BCUT2D eigenvalue weighted by Crippen LogP contribution is -2.09. The smallest absolute Gasteiger partial charge is 0.307 e. The summed E-state index contributed by atoms with van der Waals surface area (Å²) in [5.74, 6) is -1.17. The fourth-order valence-corrected chi connectivity index (χ4v) is 2.25. The van der Waals surface area contributed by atoms with Gasteiger partial charge in [0.15, 0.2) is 0 Å². The van der Waals surface area contributed by atoms with Gasteiger partial charge in [-0.1, -0.05) is 12.6 Å². The first kappa shape index (κ1) is 13.9. The van der Waals surface area contributed by atoms with Gasteiger partial charge in [-0.2, -0.15) is 0 Å². The molecule has 5 nitrogen and oxygen atoms in total. The summed E-state index contributed by atoms with van der Waals surface area (Å²) in [5, 5.41) is 12.8. The van der Waals surface area contributed by atoms with Crippen molar-refractivity contribution in [1.82, 2.24) is 4.57 Å². The van der Waals surface area contributed by atoms with Gasteiger partial charge in [0.25, 0.3) is 5.91 Å². The maximum absolute atomic E-state index is 12.2. The van der Waals surface area contributed by atoms with E-state index in [0.29, 0.717) is 16.7 Å². The first-order chi connectivity index (χ1) is 9.45. The van der Waals surface area contributed by atoms with Crippen LogP contribution in [0.2, 0.25) is 0 Å². The molecular weight excluding hydrogens is 256 g/mol. The molecule has 0 bridgehead atoms. The van der Waals surface area contributed by atoms with E-state index in [1.54, 1.807) is 26.2 Å². The summed E-state index contributed by atoms with van der Waals surface area (Å²) in [4.78, 5) is 23.1. The SMILES string of the molecule is C=C(C)C(=O)n1cc(CC(=O)O)c2c(NC)cccc21. The Labute approximate surface area is 116 Å². The molecule has 2 N–H and O–H groups in total. The Morgan fingerprint density at radius 2 is 2.10 bits per heavy atom. The lowest BCUT2D eigenvalue weighted by atomic mass is 10.1. The molecule has 0 saturated carbocycles. The highest BCUT2D eigenvalue weighted by atomic mass is 16.4. The number of carbonyl (C=O) groups excluding carboxylic acids is 1. The minimum Gasteiger partial charge on any atom is -0.481 e. The second kappa shape index (κ2) is 5.21. The Hall–Kier alpha value is -2.56. The number of aliphatic carboxylic acids is 1. The fourth-order valence-electron chi connectivity index (χ4n) is 2.25. The molecular formula is C15H16N2O3. The van der Waals surface area contributed by atoms with E-state index >= 15 is 0 Å². The van der Waals surface area contributed by atoms with E-state index in [1.165, 1.54) is 4.57 Å². The molecule has 0 fully saturated rings. The van der Waals surface area contributed by atoms with Crippen molar-refractivity contribution in [2.45, 2.75) is 13.3 Å². The summed E-state index contributed by atoms with van der Waals surface area (Å²) in [6, 6.07) is 5.46. The summed E-state index contributed by atoms with van der Waals surface area (Å²) in [6.07, 6.45) is 1.45. The van der Waals surface area contributed by atoms with E-state index in [2.05, 4.69) is 11.9 Å². The fraction of sp³-hybridized carbons (Fsp3) is 0.200. The highest BCUT2D eigenvalue weighted by molar-refractivity contribution is 6.06. The van der Waals surface area contributed by atoms with E-state index in [1.807, 2.05) is 12.1 Å². The van der Waals surface area contributed by atoms with Crippen LogP contribution in [-0.2, 0) is 11.2 Å². The predicted molar refractivity (Wildman–Crippen MR) is 78.3 cm³/mol. The molecule has 2 aromatic rings. The number of hydrogen-bond donors (Lipinski definition) is 2. The number of carbonyl (C=O) groups is 2. The van der Waals surface area contributed by atoms with Crippen molar-refractivity contribution in [2.24, 2.45) is 0 Å². The van der Waals surface area contributed by atoms with Crippen LogP contribution in [0.15, 0.2) is 36.5 Å². The van der Waals surface area contributed by atoms with E-state index < -0.39 is 5.97 Å². The molecule has 20 heavy (non-hydrogen) atoms. The van der Waals surface area contributed by atoms with Gasteiger partial charge in [0.2, 0.25) is 0 Å². The van der Waals surface area contributed by atoms with Crippen LogP contribution in [0.5, 0.6) is 0 Å². The van der Waals surface area contributed by atoms with Crippen LogP contribution in [0, 0.1) is 0 Å². The van der Waals surface area contributed by atoms with Crippen molar-refractivity contribution in [1.29, 1.82) is 0 Å². The molecule has 0 aliphatic rings. The molecule has 0 amide bonds. The summed E-state index contributed by atoms with van der Waals surface area (Å²) in [5.41, 5.74) is 2.49. The summed E-state index contributed by atoms with van der Waals surface area (Å²) < 4.78 is 1.46. The minimum atomic E-state index is -0.933. The molecule has 1 heterocycles. The zero-order valence-corrected chi connectivity index (χ0v) is 11.4. The average molecular weight is 272 g/mol. The molecule has 0 aliphatic carbocycles. The average Bonchev–Trinajstić information content (AvgIpc) is 2.76. The number of fused-ring (bicyclic) bond motifs is 1. The van der Waals surface area contributed by atoms with Gasteiger partial charge < -0.3 is 10.4 Å². The van der Waals surface area contributed by atoms with Crippen molar-refractivity contribution in [3.8, 4) is 0 Å². The van der Waals surface area contributed by atoms with Crippen LogP contribution in [0.3, 0.4) is 0 Å². The lowest BCUT2D eigenvalue weighted by Gasteiger charge is -2.06. The summed E-state index contributed by atoms with van der Waals surface area (Å²) >= 11 is 0. The van der Waals surface area contributed by atoms with Crippen molar-refractivity contribution in [2.75, 3.05) is 12.4 Å². The van der Waals surface area contributed by atoms with E-state index in [0.717, 1.165) is 11.1 Å². The highest BCUT2D eigenvalue weighted by Crippen LogP contribution is 2.29. The van der Waals surface area contributed by atoms with Crippen molar-refractivity contribution in [3.63, 3.8) is 0 Å². The van der Waals surface area contributed by atoms with Gasteiger partial charge in [0, 0.05) is 29.9 Å². The van der Waals surface area contributed by atoms with Crippen molar-refractivity contribution >= 4 is 28.5 Å². The number of carboxylic acid groups (broad SMARTS) is 1. The Balaban J connectivity index is 2.75. The maximum Gasteiger partial charge on any atom is 0.307 e. The van der Waals surface area contributed by atoms with Crippen LogP contribution in [0.1, 0.15) is 17.3 Å². The number of nitrogens with one attached hydrogen (secondary N) is 1. The van der Waals surface area contributed by atoms with Crippen molar-refractivity contribution in [3.05, 3.63) is 42.1 Å². The number of hydrogen-bond acceptors (Lipinski definition) is 3. The molecule has 1 aromatic carbocycles. The number of aromatic nitrogens is 1. The molecule has 104 valence electrons. The normalized spacial score (nSPS) is 10.5. The lowest BCUT2D eigenvalue weighted by molar-refractivity contribution is -0.136. The predicted octanol–water partition coefficient (Wildman–Crippen LogP) is 2.53. The zero-order valence-electron chi connectivity index (χ0n) is 11.4. The standard InChI is InChI=1S/C15H16N2O3/c1-9(2)15(20)17-8-10(7-13(18)19)14-11(16-3)5-4-6-12(14)17/h4-6,8,16H,1,7H2,2-3H3,(H,18,19). The Kier molecular flexibility index (Phi) is 3.61. The Bertz CT molecular complexity index is 713. The number of benzene rings is 1. The number of carboxylic acids is 1. The number of rotatable bonds is 4. The van der Waals surface area contributed by atoms with Gasteiger partial charge in [-0.15, -0.1) is 0 Å². The third-order valence-corrected chi connectivity index (χ3v) is 3.10. The van der Waals surface area contributed by atoms with Gasteiger partial charge in [-0.25, -0.2) is 0 Å². The number of anilines is 1. The largest absolute Gasteiger partial charge is 0.481 e. The molecule has 0 radical (unpaired) electrons.